The van der Waals surface area contributed by atoms with E-state index >= 15 is 0 Å². The molecule has 3 aromatic carbocycles. The monoisotopic (exact) mass is 719 g/mol. The van der Waals surface area contributed by atoms with Gasteiger partial charge in [0.15, 0.2) is 11.5 Å². The predicted molar refractivity (Wildman–Crippen MR) is 189 cm³/mol. The number of hydrogen-bond donors (Lipinski definition) is 1. The van der Waals surface area contributed by atoms with Crippen LogP contribution in [0.15, 0.2) is 60.2 Å². The van der Waals surface area contributed by atoms with E-state index in [1.807, 2.05) is 13.8 Å². The number of methoxy groups -OCH3 is 3. The summed E-state index contributed by atoms with van der Waals surface area (Å²) in [4.78, 5) is 41.0. The van der Waals surface area contributed by atoms with Crippen LogP contribution in [0.3, 0.4) is 0 Å². The Morgan fingerprint density at radius 1 is 0.902 bits per heavy atom. The van der Waals surface area contributed by atoms with Crippen molar-refractivity contribution in [2.24, 2.45) is 5.92 Å². The van der Waals surface area contributed by atoms with Gasteiger partial charge in [-0.25, -0.2) is 14.4 Å². The SMILES string of the molecule is CCOC(=O)C(NC(=O)OC1(c2ccc(OC)cc2)OC(=O)C(c2ccc3nsnc3c2)=C1Cc1cc(OC)c(OC)c(OC(C)C)c1)C(C)C. The lowest BCUT2D eigenvalue weighted by Gasteiger charge is -2.32. The van der Waals surface area contributed by atoms with E-state index in [4.69, 9.17) is 33.2 Å². The van der Waals surface area contributed by atoms with E-state index < -0.39 is 29.9 Å². The van der Waals surface area contributed by atoms with E-state index in [-0.39, 0.29) is 36.2 Å². The van der Waals surface area contributed by atoms with Crippen LogP contribution >= 0.6 is 11.7 Å². The van der Waals surface area contributed by atoms with E-state index in [0.29, 0.717) is 50.7 Å². The Balaban J connectivity index is 1.74. The third-order valence-corrected chi connectivity index (χ3v) is 8.67. The lowest BCUT2D eigenvalue weighted by Crippen LogP contribution is -2.48. The second-order valence-corrected chi connectivity index (χ2v) is 12.8. The van der Waals surface area contributed by atoms with E-state index in [1.165, 1.54) is 21.3 Å². The molecule has 0 spiro atoms. The third kappa shape index (κ3) is 7.70. The molecule has 0 saturated heterocycles. The minimum atomic E-state index is -2.11. The van der Waals surface area contributed by atoms with Crippen molar-refractivity contribution in [1.82, 2.24) is 14.1 Å². The number of carbonyl (C=O) groups is 3. The first-order chi connectivity index (χ1) is 24.4. The molecular weight excluding hydrogens is 678 g/mol. The topological polar surface area (TPSA) is 154 Å². The lowest BCUT2D eigenvalue weighted by molar-refractivity contribution is -0.186. The highest BCUT2D eigenvalue weighted by atomic mass is 32.1. The molecule has 1 aliphatic heterocycles. The largest absolute Gasteiger partial charge is 0.497 e. The summed E-state index contributed by atoms with van der Waals surface area (Å²) in [6.45, 7) is 9.08. The molecule has 13 nitrogen and oxygen atoms in total. The normalized spacial score (nSPS) is 16.2. The number of carbonyl (C=O) groups excluding carboxylic acids is 3. The standard InChI is InChI=1S/C37H41N3O10S/c1-9-47-35(42)32(20(2)3)38-36(43)50-37(24-11-13-25(44-6)14-12-24)26(16-22-17-29(45-7)33(46-8)30(18-22)48-21(4)5)31(34(41)49-37)23-10-15-27-28(19-23)40-51-39-27/h10-15,17-21,32H,9,16H2,1-8H3,(H,38,43). The summed E-state index contributed by atoms with van der Waals surface area (Å²) in [5.41, 5.74) is 3.08. The lowest BCUT2D eigenvalue weighted by atomic mass is 9.87. The molecule has 5 rings (SSSR count). The van der Waals surface area contributed by atoms with E-state index in [1.54, 1.807) is 75.4 Å². The number of alkyl carbamates (subject to hydrolysis) is 1. The molecule has 0 bridgehead atoms. The van der Waals surface area contributed by atoms with E-state index in [9.17, 15) is 14.4 Å². The van der Waals surface area contributed by atoms with Crippen LogP contribution in [0, 0.1) is 5.92 Å². The zero-order chi connectivity index (χ0) is 36.9. The van der Waals surface area contributed by atoms with Gasteiger partial charge in [0.1, 0.15) is 22.8 Å². The molecule has 0 saturated carbocycles. The van der Waals surface area contributed by atoms with Gasteiger partial charge in [-0.3, -0.25) is 0 Å². The van der Waals surface area contributed by atoms with Crippen LogP contribution in [0.25, 0.3) is 16.6 Å². The second-order valence-electron chi connectivity index (χ2n) is 12.2. The number of ether oxygens (including phenoxy) is 7. The molecule has 2 unspecified atom stereocenters. The first-order valence-electron chi connectivity index (χ1n) is 16.4. The Bertz CT molecular complexity index is 1940. The molecule has 1 aromatic heterocycles. The van der Waals surface area contributed by atoms with Gasteiger partial charge >= 0.3 is 23.8 Å². The smallest absolute Gasteiger partial charge is 0.411 e. The number of esters is 2. The highest BCUT2D eigenvalue weighted by Crippen LogP contribution is 2.49. The van der Waals surface area contributed by atoms with Crippen molar-refractivity contribution in [3.8, 4) is 23.0 Å². The number of fused-ring (bicyclic) bond motifs is 1. The number of nitrogens with zero attached hydrogens (tertiary/aromatic N) is 2. The summed E-state index contributed by atoms with van der Waals surface area (Å²) in [5.74, 6) is -2.14. The molecule has 2 atom stereocenters. The molecule has 270 valence electrons. The highest BCUT2D eigenvalue weighted by Gasteiger charge is 2.53. The van der Waals surface area contributed by atoms with Crippen LogP contribution < -0.4 is 24.3 Å². The maximum Gasteiger partial charge on any atom is 0.411 e. The zero-order valence-electron chi connectivity index (χ0n) is 29.7. The van der Waals surface area contributed by atoms with Gasteiger partial charge in [0.25, 0.3) is 0 Å². The van der Waals surface area contributed by atoms with Crippen molar-refractivity contribution in [1.29, 1.82) is 0 Å². The number of cyclic esters (lactones) is 1. The quantitative estimate of drug-likeness (QED) is 0.147. The first kappa shape index (κ1) is 36.9. The van der Waals surface area contributed by atoms with E-state index in [2.05, 4.69) is 14.1 Å². The maximum atomic E-state index is 14.2. The molecule has 0 fully saturated rings. The molecule has 0 aliphatic carbocycles. The Morgan fingerprint density at radius 2 is 1.61 bits per heavy atom. The fourth-order valence-electron chi connectivity index (χ4n) is 5.80. The van der Waals surface area contributed by atoms with Crippen LogP contribution in [-0.4, -0.2) is 66.9 Å². The van der Waals surface area contributed by atoms with Gasteiger partial charge < -0.3 is 38.5 Å². The number of nitrogens with one attached hydrogen (secondary N) is 1. The second kappa shape index (κ2) is 15.7. The molecule has 4 aromatic rings. The van der Waals surface area contributed by atoms with E-state index in [0.717, 1.165) is 11.7 Å². The Kier molecular flexibility index (Phi) is 11.3. The molecule has 2 heterocycles. The van der Waals surface area contributed by atoms with Crippen molar-refractivity contribution in [3.05, 3.63) is 76.9 Å². The summed E-state index contributed by atoms with van der Waals surface area (Å²) in [6.07, 6.45) is -1.21. The summed E-state index contributed by atoms with van der Waals surface area (Å²) in [5, 5.41) is 2.64. The highest BCUT2D eigenvalue weighted by molar-refractivity contribution is 7.00. The molecule has 1 aliphatic rings. The van der Waals surface area contributed by atoms with Crippen molar-refractivity contribution in [2.75, 3.05) is 27.9 Å². The summed E-state index contributed by atoms with van der Waals surface area (Å²) < 4.78 is 49.1. The average molecular weight is 720 g/mol. The van der Waals surface area contributed by atoms with Gasteiger partial charge in [0, 0.05) is 17.6 Å². The van der Waals surface area contributed by atoms with Crippen LogP contribution in [0.1, 0.15) is 51.3 Å². The molecule has 0 radical (unpaired) electrons. The maximum absolute atomic E-state index is 14.2. The molecular formula is C37H41N3O10S. The Labute approximate surface area is 300 Å². The number of amides is 1. The fraction of sp³-hybridized carbons (Fsp3) is 0.378. The van der Waals surface area contributed by atoms with Gasteiger partial charge in [-0.05, 0) is 86.3 Å². The number of aromatic nitrogens is 2. The van der Waals surface area contributed by atoms with Crippen molar-refractivity contribution in [3.63, 3.8) is 0 Å². The van der Waals surface area contributed by atoms with Crippen molar-refractivity contribution >= 4 is 46.4 Å². The van der Waals surface area contributed by atoms with Crippen LogP contribution in [0.2, 0.25) is 0 Å². The molecule has 14 heteroatoms. The summed E-state index contributed by atoms with van der Waals surface area (Å²) in [6, 6.07) is 14.3. The molecule has 1 amide bonds. The van der Waals surface area contributed by atoms with Gasteiger partial charge in [0.2, 0.25) is 5.75 Å². The van der Waals surface area contributed by atoms with Gasteiger partial charge in [-0.2, -0.15) is 8.75 Å². The number of rotatable bonds is 14. The summed E-state index contributed by atoms with van der Waals surface area (Å²) >= 11 is 1.05. The van der Waals surface area contributed by atoms with Crippen LogP contribution in [0.4, 0.5) is 4.79 Å². The third-order valence-electron chi connectivity index (χ3n) is 8.12. The van der Waals surface area contributed by atoms with Gasteiger partial charge in [-0.15, -0.1) is 0 Å². The minimum Gasteiger partial charge on any atom is -0.497 e. The van der Waals surface area contributed by atoms with Gasteiger partial charge in [-0.1, -0.05) is 19.9 Å². The fourth-order valence-corrected chi connectivity index (χ4v) is 6.32. The van der Waals surface area contributed by atoms with Crippen molar-refractivity contribution < 1.29 is 47.5 Å². The minimum absolute atomic E-state index is 0.00797. The number of hydrogen-bond acceptors (Lipinski definition) is 13. The predicted octanol–water partition coefficient (Wildman–Crippen LogP) is 6.22. The Hall–Kier alpha value is -5.37. The van der Waals surface area contributed by atoms with Crippen LogP contribution in [-0.2, 0) is 36.0 Å². The Morgan fingerprint density at radius 3 is 2.24 bits per heavy atom. The molecule has 51 heavy (non-hydrogen) atoms. The zero-order valence-corrected chi connectivity index (χ0v) is 30.5. The summed E-state index contributed by atoms with van der Waals surface area (Å²) in [7, 11) is 4.54. The van der Waals surface area contributed by atoms with Gasteiger partial charge in [0.05, 0.1) is 51.3 Å². The average Bonchev–Trinajstić information content (AvgIpc) is 3.68. The molecule has 1 N–H and O–H groups in total. The number of benzene rings is 3. The van der Waals surface area contributed by atoms with Crippen molar-refractivity contribution in [2.45, 2.75) is 59.0 Å². The van der Waals surface area contributed by atoms with Crippen LogP contribution in [0.5, 0.6) is 23.0 Å². The first-order valence-corrected chi connectivity index (χ1v) is 17.1.